The number of nitrogens with zero attached hydrogens (tertiary/aromatic N) is 3. The Labute approximate surface area is 216 Å². The van der Waals surface area contributed by atoms with Crippen molar-refractivity contribution in [3.05, 3.63) is 53.6 Å². The summed E-state index contributed by atoms with van der Waals surface area (Å²) in [7, 11) is 0. The van der Waals surface area contributed by atoms with Gasteiger partial charge >= 0.3 is 6.03 Å². The Bertz CT molecular complexity index is 1360. The van der Waals surface area contributed by atoms with E-state index in [0.29, 0.717) is 29.4 Å². The number of likely N-dealkylation sites (tertiary alicyclic amines) is 1. The van der Waals surface area contributed by atoms with E-state index in [4.69, 9.17) is 0 Å². The van der Waals surface area contributed by atoms with Gasteiger partial charge in [0, 0.05) is 35.3 Å². The second-order valence-corrected chi connectivity index (χ2v) is 10.3. The third-order valence-corrected chi connectivity index (χ3v) is 7.49. The highest BCUT2D eigenvalue weighted by molar-refractivity contribution is 6.02. The number of nitriles is 1. The monoisotopic (exact) mass is 499 g/mol. The summed E-state index contributed by atoms with van der Waals surface area (Å²) in [6, 6.07) is 15.5. The van der Waals surface area contributed by atoms with Crippen LogP contribution in [0.25, 0.3) is 22.2 Å². The minimum absolute atomic E-state index is 0.0346. The number of fused-ring (bicyclic) bond motifs is 1. The van der Waals surface area contributed by atoms with Crippen LogP contribution in [0.1, 0.15) is 67.9 Å². The summed E-state index contributed by atoms with van der Waals surface area (Å²) in [4.78, 5) is 27.1. The van der Waals surface area contributed by atoms with Crippen LogP contribution in [0.4, 0.5) is 10.5 Å². The first-order chi connectivity index (χ1) is 17.9. The fourth-order valence-electron chi connectivity index (χ4n) is 5.47. The molecule has 2 heterocycles. The van der Waals surface area contributed by atoms with E-state index in [2.05, 4.69) is 21.3 Å². The van der Waals surface area contributed by atoms with Crippen molar-refractivity contribution in [3.63, 3.8) is 0 Å². The standard InChI is InChI=1S/C29H33N5O3/c1-18(2)31-29(37)32-21-11-8-19(9-12-21)27-25(16-30)24-15-20(28(36)33-14-4-7-23(33)17-35)10-13-26(24)34(27)22-5-3-6-22/h8-13,15,18,22-23,35H,3-7,14,17H2,1-2H3,(H2,31,32,37). The summed E-state index contributed by atoms with van der Waals surface area (Å²) >= 11 is 0. The lowest BCUT2D eigenvalue weighted by Gasteiger charge is -2.30. The first kappa shape index (κ1) is 24.8. The Morgan fingerprint density at radius 1 is 1.11 bits per heavy atom. The number of aliphatic hydroxyl groups is 1. The van der Waals surface area contributed by atoms with Crippen LogP contribution >= 0.6 is 0 Å². The van der Waals surface area contributed by atoms with Gasteiger partial charge in [0.1, 0.15) is 6.07 Å². The highest BCUT2D eigenvalue weighted by Crippen LogP contribution is 2.43. The third kappa shape index (κ3) is 4.67. The third-order valence-electron chi connectivity index (χ3n) is 7.49. The average Bonchev–Trinajstić information content (AvgIpc) is 3.45. The fourth-order valence-corrected chi connectivity index (χ4v) is 5.47. The van der Waals surface area contributed by atoms with Crippen molar-refractivity contribution in [2.45, 2.75) is 64.1 Å². The molecular formula is C29H33N5O3. The first-order valence-corrected chi connectivity index (χ1v) is 13.1. The van der Waals surface area contributed by atoms with Crippen LogP contribution < -0.4 is 10.6 Å². The average molecular weight is 500 g/mol. The summed E-state index contributed by atoms with van der Waals surface area (Å²) < 4.78 is 2.26. The molecule has 5 rings (SSSR count). The number of hydrogen-bond acceptors (Lipinski definition) is 4. The highest BCUT2D eigenvalue weighted by atomic mass is 16.3. The van der Waals surface area contributed by atoms with Crippen molar-refractivity contribution in [2.24, 2.45) is 0 Å². The second kappa shape index (κ2) is 10.3. The number of hydrogen-bond donors (Lipinski definition) is 3. The minimum Gasteiger partial charge on any atom is -0.394 e. The predicted octanol–water partition coefficient (Wildman–Crippen LogP) is 5.03. The van der Waals surface area contributed by atoms with Gasteiger partial charge in [-0.25, -0.2) is 4.79 Å². The number of aliphatic hydroxyl groups excluding tert-OH is 1. The van der Waals surface area contributed by atoms with Gasteiger partial charge in [-0.15, -0.1) is 0 Å². The molecule has 0 radical (unpaired) electrons. The lowest BCUT2D eigenvalue weighted by atomic mass is 9.92. The van der Waals surface area contributed by atoms with Crippen LogP contribution in [-0.2, 0) is 0 Å². The normalized spacial score (nSPS) is 17.6. The smallest absolute Gasteiger partial charge is 0.319 e. The van der Waals surface area contributed by atoms with E-state index in [1.807, 2.05) is 56.3 Å². The van der Waals surface area contributed by atoms with E-state index >= 15 is 0 Å². The van der Waals surface area contributed by atoms with Crippen molar-refractivity contribution in [2.75, 3.05) is 18.5 Å². The Balaban J connectivity index is 1.55. The molecule has 8 nitrogen and oxygen atoms in total. The zero-order chi connectivity index (χ0) is 26.1. The maximum Gasteiger partial charge on any atom is 0.319 e. The van der Waals surface area contributed by atoms with E-state index in [1.165, 1.54) is 0 Å². The number of aromatic nitrogens is 1. The van der Waals surface area contributed by atoms with Crippen LogP contribution in [0.2, 0.25) is 0 Å². The van der Waals surface area contributed by atoms with Gasteiger partial charge in [-0.2, -0.15) is 5.26 Å². The fraction of sp³-hybridized carbons (Fsp3) is 0.414. The van der Waals surface area contributed by atoms with E-state index in [1.54, 1.807) is 4.90 Å². The highest BCUT2D eigenvalue weighted by Gasteiger charge is 2.31. The number of carbonyl (C=O) groups excluding carboxylic acids is 2. The molecule has 3 N–H and O–H groups in total. The van der Waals surface area contributed by atoms with Crippen LogP contribution in [0.3, 0.4) is 0 Å². The van der Waals surface area contributed by atoms with Crippen LogP contribution in [0.5, 0.6) is 0 Å². The van der Waals surface area contributed by atoms with Gasteiger partial charge in [0.25, 0.3) is 5.91 Å². The van der Waals surface area contributed by atoms with Gasteiger partial charge in [-0.1, -0.05) is 12.1 Å². The minimum atomic E-state index is -0.261. The maximum atomic E-state index is 13.3. The molecule has 1 aromatic heterocycles. The SMILES string of the molecule is CC(C)NC(=O)Nc1ccc(-c2c(C#N)c3cc(C(=O)N4CCCC4CO)ccc3n2C2CCC2)cc1. The molecule has 2 aromatic carbocycles. The topological polar surface area (TPSA) is 110 Å². The number of urea groups is 1. The molecule has 1 saturated carbocycles. The van der Waals surface area contributed by atoms with Crippen molar-refractivity contribution in [3.8, 4) is 17.3 Å². The molecule has 37 heavy (non-hydrogen) atoms. The molecule has 1 atom stereocenters. The molecule has 0 spiro atoms. The summed E-state index contributed by atoms with van der Waals surface area (Å²) in [5.41, 5.74) is 4.45. The largest absolute Gasteiger partial charge is 0.394 e. The Morgan fingerprint density at radius 3 is 2.49 bits per heavy atom. The number of rotatable bonds is 6. The van der Waals surface area contributed by atoms with Gasteiger partial charge < -0.3 is 25.2 Å². The molecule has 1 aliphatic heterocycles. The summed E-state index contributed by atoms with van der Waals surface area (Å²) in [5.74, 6) is -0.101. The van der Waals surface area contributed by atoms with Crippen LogP contribution in [0.15, 0.2) is 42.5 Å². The Hall–Kier alpha value is -3.83. The molecular weight excluding hydrogens is 466 g/mol. The van der Waals surface area contributed by atoms with Crippen LogP contribution in [0, 0.1) is 11.3 Å². The zero-order valence-electron chi connectivity index (χ0n) is 21.3. The molecule has 1 aliphatic carbocycles. The van der Waals surface area contributed by atoms with Crippen molar-refractivity contribution < 1.29 is 14.7 Å². The van der Waals surface area contributed by atoms with Crippen molar-refractivity contribution in [1.82, 2.24) is 14.8 Å². The lowest BCUT2D eigenvalue weighted by Crippen LogP contribution is -2.37. The van der Waals surface area contributed by atoms with Crippen molar-refractivity contribution in [1.29, 1.82) is 5.26 Å². The number of amides is 3. The predicted molar refractivity (Wildman–Crippen MR) is 143 cm³/mol. The zero-order valence-corrected chi connectivity index (χ0v) is 21.3. The quantitative estimate of drug-likeness (QED) is 0.442. The van der Waals surface area contributed by atoms with Gasteiger partial charge in [0.05, 0.1) is 29.4 Å². The summed E-state index contributed by atoms with van der Waals surface area (Å²) in [5, 5.41) is 26.4. The van der Waals surface area contributed by atoms with E-state index in [-0.39, 0.29) is 30.6 Å². The van der Waals surface area contributed by atoms with E-state index < -0.39 is 0 Å². The van der Waals surface area contributed by atoms with Crippen molar-refractivity contribution >= 4 is 28.5 Å². The molecule has 2 fully saturated rings. The van der Waals surface area contributed by atoms with E-state index in [9.17, 15) is 20.0 Å². The van der Waals surface area contributed by atoms with Crippen LogP contribution in [-0.4, -0.2) is 51.7 Å². The molecule has 3 amide bonds. The maximum absolute atomic E-state index is 13.3. The Morgan fingerprint density at radius 2 is 1.86 bits per heavy atom. The molecule has 8 heteroatoms. The molecule has 2 aliphatic rings. The van der Waals surface area contributed by atoms with Gasteiger partial charge in [0.15, 0.2) is 0 Å². The number of nitrogens with one attached hydrogen (secondary N) is 2. The molecule has 3 aromatic rings. The van der Waals surface area contributed by atoms with Gasteiger partial charge in [0.2, 0.25) is 0 Å². The summed E-state index contributed by atoms with van der Waals surface area (Å²) in [6.07, 6.45) is 4.93. The number of benzene rings is 2. The molecule has 0 bridgehead atoms. The summed E-state index contributed by atoms with van der Waals surface area (Å²) in [6.45, 7) is 4.40. The van der Waals surface area contributed by atoms with E-state index in [0.717, 1.165) is 54.3 Å². The lowest BCUT2D eigenvalue weighted by molar-refractivity contribution is 0.0678. The molecule has 192 valence electrons. The number of anilines is 1. The molecule has 1 saturated heterocycles. The number of carbonyl (C=O) groups is 2. The first-order valence-electron chi connectivity index (χ1n) is 13.1. The second-order valence-electron chi connectivity index (χ2n) is 10.3. The molecule has 1 unspecified atom stereocenters. The van der Waals surface area contributed by atoms with Gasteiger partial charge in [-0.05, 0) is 81.8 Å². The van der Waals surface area contributed by atoms with Gasteiger partial charge in [-0.3, -0.25) is 4.79 Å². The Kier molecular flexibility index (Phi) is 6.90.